The number of hydrogen-bond donors (Lipinski definition) is 6. The second-order valence-electron chi connectivity index (χ2n) is 12.6. The van der Waals surface area contributed by atoms with Gasteiger partial charge in [0.15, 0.2) is 23.5 Å². The smallest absolute Gasteiger partial charge is 0.273 e. The Morgan fingerprint density at radius 2 is 1.94 bits per heavy atom. The number of carbonyl (C=O) groups excluding carboxylic acids is 3. The van der Waals surface area contributed by atoms with Crippen molar-refractivity contribution in [3.8, 4) is 11.5 Å². The molecule has 4 bridgehead atoms. The van der Waals surface area contributed by atoms with Gasteiger partial charge in [0.1, 0.15) is 23.0 Å². The van der Waals surface area contributed by atoms with Gasteiger partial charge < -0.3 is 40.9 Å². The van der Waals surface area contributed by atoms with Crippen LogP contribution in [0.25, 0.3) is 10.9 Å². The summed E-state index contributed by atoms with van der Waals surface area (Å²) in [5, 5.41) is 19.9. The van der Waals surface area contributed by atoms with Crippen LogP contribution >= 0.6 is 0 Å². The maximum absolute atomic E-state index is 14.2. The molecule has 5 heterocycles. The van der Waals surface area contributed by atoms with E-state index in [1.807, 2.05) is 56.3 Å². The SMILES string of the molecule is CC(C)[C@@H]1NC(=O)[C@@H](N)Cc2ccc3c(c2)[C@@]2(c4ccccc4NC2O3)c2oc1nc2C(=O)NCC(=O)c1c[nH]c2c(O)cccc12. The molecule has 7 N–H and O–H groups in total. The van der Waals surface area contributed by atoms with Crippen molar-refractivity contribution in [3.05, 3.63) is 106 Å². The molecule has 12 nitrogen and oxygen atoms in total. The first-order valence-corrected chi connectivity index (χ1v) is 15.5. The normalized spacial score (nSPS) is 22.4. The zero-order chi connectivity index (χ0) is 32.6. The average Bonchev–Trinajstić information content (AvgIpc) is 3.82. The Morgan fingerprint density at radius 1 is 1.11 bits per heavy atom. The van der Waals surface area contributed by atoms with Crippen LogP contribution in [0.2, 0.25) is 0 Å². The molecule has 5 aromatic rings. The summed E-state index contributed by atoms with van der Waals surface area (Å²) in [5.74, 6) is -0.555. The summed E-state index contributed by atoms with van der Waals surface area (Å²) in [6, 6.07) is 16.8. The number of aromatic amines is 1. The lowest BCUT2D eigenvalue weighted by molar-refractivity contribution is -0.123. The van der Waals surface area contributed by atoms with Crippen molar-refractivity contribution in [2.75, 3.05) is 11.9 Å². The Morgan fingerprint density at radius 3 is 2.77 bits per heavy atom. The molecular weight excluding hydrogens is 600 g/mol. The Hall–Kier alpha value is -5.62. The van der Waals surface area contributed by atoms with Gasteiger partial charge in [0.05, 0.1) is 18.1 Å². The molecule has 4 atom stereocenters. The second kappa shape index (κ2) is 10.5. The van der Waals surface area contributed by atoms with Crippen molar-refractivity contribution in [2.24, 2.45) is 11.7 Å². The first-order chi connectivity index (χ1) is 22.7. The van der Waals surface area contributed by atoms with Crippen LogP contribution < -0.4 is 26.4 Å². The third-order valence-electron chi connectivity index (χ3n) is 9.39. The lowest BCUT2D eigenvalue weighted by Gasteiger charge is -2.28. The van der Waals surface area contributed by atoms with E-state index in [2.05, 4.69) is 20.9 Å². The highest BCUT2D eigenvalue weighted by Gasteiger charge is 2.61. The molecule has 3 aliphatic rings. The van der Waals surface area contributed by atoms with E-state index in [1.54, 1.807) is 12.1 Å². The van der Waals surface area contributed by atoms with Crippen molar-refractivity contribution in [1.82, 2.24) is 20.6 Å². The summed E-state index contributed by atoms with van der Waals surface area (Å²) in [7, 11) is 0. The number of nitrogens with two attached hydrogens (primary N) is 1. The minimum Gasteiger partial charge on any atom is -0.506 e. The number of oxazole rings is 1. The number of Topliss-reactive ketones (excluding diaryl/α,β-unsaturated/α-hetero) is 1. The minimum absolute atomic E-state index is 0.0172. The van der Waals surface area contributed by atoms with Gasteiger partial charge in [-0.15, -0.1) is 0 Å². The number of amides is 2. The summed E-state index contributed by atoms with van der Waals surface area (Å²) in [5.41, 5.74) is 9.21. The molecular formula is C35H32N6O6. The van der Waals surface area contributed by atoms with Crippen LogP contribution in [0.4, 0.5) is 5.69 Å². The van der Waals surface area contributed by atoms with Crippen LogP contribution in [0.5, 0.6) is 11.5 Å². The van der Waals surface area contributed by atoms with Crippen molar-refractivity contribution in [2.45, 2.75) is 44.0 Å². The number of para-hydroxylation sites is 2. The summed E-state index contributed by atoms with van der Waals surface area (Å²) in [6.07, 6.45) is 1.12. The topological polar surface area (TPSA) is 185 Å². The highest BCUT2D eigenvalue weighted by Crippen LogP contribution is 2.58. The molecule has 3 aliphatic heterocycles. The number of ether oxygens (including phenoxy) is 1. The van der Waals surface area contributed by atoms with Crippen LogP contribution in [-0.4, -0.2) is 51.5 Å². The lowest BCUT2D eigenvalue weighted by Crippen LogP contribution is -2.45. The van der Waals surface area contributed by atoms with Crippen molar-refractivity contribution in [3.63, 3.8) is 0 Å². The zero-order valence-corrected chi connectivity index (χ0v) is 25.6. The van der Waals surface area contributed by atoms with E-state index in [0.29, 0.717) is 22.2 Å². The van der Waals surface area contributed by atoms with Crippen molar-refractivity contribution < 1.29 is 28.6 Å². The Kier molecular flexibility index (Phi) is 6.41. The number of rotatable bonds is 5. The number of nitrogens with zero attached hydrogens (tertiary/aromatic N) is 1. The van der Waals surface area contributed by atoms with Crippen LogP contribution in [0, 0.1) is 5.92 Å². The predicted octanol–water partition coefficient (Wildman–Crippen LogP) is 3.65. The van der Waals surface area contributed by atoms with Gasteiger partial charge in [-0.25, -0.2) is 4.98 Å². The molecule has 238 valence electrons. The van der Waals surface area contributed by atoms with Crippen LogP contribution in [-0.2, 0) is 16.6 Å². The third kappa shape index (κ3) is 4.24. The number of anilines is 1. The molecule has 2 aromatic heterocycles. The highest BCUT2D eigenvalue weighted by atomic mass is 16.5. The molecule has 0 saturated carbocycles. The minimum atomic E-state index is -1.13. The van der Waals surface area contributed by atoms with Crippen LogP contribution in [0.1, 0.15) is 69.1 Å². The number of phenols is 1. The monoisotopic (exact) mass is 632 g/mol. The molecule has 12 heteroatoms. The summed E-state index contributed by atoms with van der Waals surface area (Å²) in [6.45, 7) is 3.48. The first-order valence-electron chi connectivity index (χ1n) is 15.5. The molecule has 8 rings (SSSR count). The van der Waals surface area contributed by atoms with Gasteiger partial charge in [0, 0.05) is 28.4 Å². The van der Waals surface area contributed by atoms with E-state index in [1.165, 1.54) is 12.3 Å². The Balaban J connectivity index is 1.27. The van der Waals surface area contributed by atoms with E-state index < -0.39 is 29.6 Å². The number of carbonyl (C=O) groups is 3. The van der Waals surface area contributed by atoms with E-state index in [4.69, 9.17) is 19.9 Å². The van der Waals surface area contributed by atoms with E-state index in [-0.39, 0.29) is 53.7 Å². The molecule has 1 unspecified atom stereocenters. The molecule has 47 heavy (non-hydrogen) atoms. The quantitative estimate of drug-likeness (QED) is 0.157. The van der Waals surface area contributed by atoms with Gasteiger partial charge in [-0.2, -0.15) is 0 Å². The fourth-order valence-corrected chi connectivity index (χ4v) is 7.07. The molecule has 0 saturated heterocycles. The predicted molar refractivity (Wildman–Crippen MR) is 171 cm³/mol. The highest BCUT2D eigenvalue weighted by molar-refractivity contribution is 6.11. The maximum atomic E-state index is 14.2. The number of phenolic OH excluding ortho intramolecular Hbond substituents is 1. The summed E-state index contributed by atoms with van der Waals surface area (Å²) >= 11 is 0. The van der Waals surface area contributed by atoms with Crippen LogP contribution in [0.3, 0.4) is 0 Å². The number of H-pyrrole nitrogens is 1. The number of fused-ring (bicyclic) bond motifs is 5. The number of nitrogens with one attached hydrogen (secondary N) is 4. The number of aromatic nitrogens is 2. The molecule has 1 spiro atoms. The van der Waals surface area contributed by atoms with Crippen molar-refractivity contribution in [1.29, 1.82) is 0 Å². The van der Waals surface area contributed by atoms with Gasteiger partial charge in [-0.1, -0.05) is 56.3 Å². The Bertz CT molecular complexity index is 2120. The maximum Gasteiger partial charge on any atom is 0.273 e. The summed E-state index contributed by atoms with van der Waals surface area (Å²) in [4.78, 5) is 48.5. The van der Waals surface area contributed by atoms with Gasteiger partial charge in [0.2, 0.25) is 11.8 Å². The number of benzene rings is 3. The number of ketones is 1. The second-order valence-corrected chi connectivity index (χ2v) is 12.6. The van der Waals surface area contributed by atoms with Crippen molar-refractivity contribution >= 4 is 34.2 Å². The molecule has 0 aliphatic carbocycles. The van der Waals surface area contributed by atoms with E-state index >= 15 is 0 Å². The molecule has 3 aromatic carbocycles. The van der Waals surface area contributed by atoms with Gasteiger partial charge in [-0.05, 0) is 41.7 Å². The Labute approximate surface area is 268 Å². The summed E-state index contributed by atoms with van der Waals surface area (Å²) < 4.78 is 13.1. The largest absolute Gasteiger partial charge is 0.506 e. The fraction of sp³-hybridized carbons (Fsp3) is 0.257. The number of aromatic hydroxyl groups is 1. The fourth-order valence-electron chi connectivity index (χ4n) is 7.07. The standard InChI is InChI=1S/C35H32N6O6/c1-16(2)27-33-41-29(32(45)38-15-25(43)19-14-37-28-18(19)6-5-9-24(28)42)30(47-33)35-20-7-3-4-8-23(20)39-34(35)46-26-11-10-17(12-21(26)35)13-22(36)31(44)40-27/h3-12,14,16,22,27,34,37,39,42H,13,15,36H2,1-2H3,(H,38,45)(H,40,44)/t22-,27-,34?,35-/m0/s1. The zero-order valence-electron chi connectivity index (χ0n) is 25.6. The van der Waals surface area contributed by atoms with Gasteiger partial charge in [-0.3, -0.25) is 14.4 Å². The van der Waals surface area contributed by atoms with E-state index in [0.717, 1.165) is 22.4 Å². The average molecular weight is 633 g/mol. The lowest BCUT2D eigenvalue weighted by atomic mass is 9.72. The molecule has 2 amide bonds. The van der Waals surface area contributed by atoms with E-state index in [9.17, 15) is 19.5 Å². The van der Waals surface area contributed by atoms with Gasteiger partial charge >= 0.3 is 0 Å². The van der Waals surface area contributed by atoms with Crippen LogP contribution in [0.15, 0.2) is 71.3 Å². The third-order valence-corrected chi connectivity index (χ3v) is 9.39. The molecule has 0 fully saturated rings. The van der Waals surface area contributed by atoms with Gasteiger partial charge in [0.25, 0.3) is 5.91 Å². The first kappa shape index (κ1) is 28.8. The molecule has 0 radical (unpaired) electrons. The number of hydrogen-bond acceptors (Lipinski definition) is 9.